The van der Waals surface area contributed by atoms with Gasteiger partial charge in [-0.25, -0.2) is 0 Å². The lowest BCUT2D eigenvalue weighted by Crippen LogP contribution is -2.63. The molecule has 13 nitrogen and oxygen atoms in total. The van der Waals surface area contributed by atoms with Gasteiger partial charge < -0.3 is 43.7 Å². The molecule has 298 valence electrons. The number of rotatable bonds is 30. The number of hydrogen-bond acceptors (Lipinski definition) is 13. The zero-order chi connectivity index (χ0) is 37.9. The predicted molar refractivity (Wildman–Crippen MR) is 189 cm³/mol. The Kier molecular flexibility index (Phi) is 26.7. The topological polar surface area (TPSA) is 184 Å². The zero-order valence-electron chi connectivity index (χ0n) is 31.7. The van der Waals surface area contributed by atoms with Gasteiger partial charge in [-0.15, -0.1) is 0 Å². The first kappa shape index (κ1) is 46.7. The van der Waals surface area contributed by atoms with Crippen molar-refractivity contribution in [3.05, 3.63) is 0 Å². The summed E-state index contributed by atoms with van der Waals surface area (Å²) in [5.74, 6) is -2.61. The molecule has 0 aromatic carbocycles. The van der Waals surface area contributed by atoms with Crippen molar-refractivity contribution >= 4 is 23.9 Å². The molecule has 7 atom stereocenters. The van der Waals surface area contributed by atoms with Gasteiger partial charge in [0.1, 0.15) is 24.9 Å². The summed E-state index contributed by atoms with van der Waals surface area (Å²) in [6.45, 7) is 4.99. The van der Waals surface area contributed by atoms with E-state index in [-0.39, 0.29) is 12.8 Å². The van der Waals surface area contributed by atoms with Gasteiger partial charge >= 0.3 is 23.9 Å². The van der Waals surface area contributed by atoms with Gasteiger partial charge in [0.15, 0.2) is 24.6 Å². The summed E-state index contributed by atoms with van der Waals surface area (Å²) in [6, 6.07) is 0. The van der Waals surface area contributed by atoms with E-state index < -0.39 is 86.6 Å². The molecule has 0 aromatic heterocycles. The van der Waals surface area contributed by atoms with Gasteiger partial charge in [-0.3, -0.25) is 19.2 Å². The molecule has 1 heterocycles. The molecule has 1 rings (SSSR count). The Hall–Kier alpha value is -2.32. The van der Waals surface area contributed by atoms with Gasteiger partial charge in [0, 0.05) is 26.7 Å². The number of unbranched alkanes of at least 4 members (excludes halogenated alkanes) is 16. The molecular formula is C38H68O13. The van der Waals surface area contributed by atoms with Gasteiger partial charge in [-0.2, -0.15) is 0 Å². The van der Waals surface area contributed by atoms with Crippen LogP contribution in [0.5, 0.6) is 0 Å². The number of hydrogen-bond donors (Lipinski definition) is 3. The van der Waals surface area contributed by atoms with Crippen LogP contribution in [0.1, 0.15) is 156 Å². The molecule has 1 aliphatic heterocycles. The summed E-state index contributed by atoms with van der Waals surface area (Å²) in [5.41, 5.74) is 0. The second-order valence-corrected chi connectivity index (χ2v) is 13.6. The van der Waals surface area contributed by atoms with Crippen molar-refractivity contribution < 1.29 is 62.9 Å². The van der Waals surface area contributed by atoms with Crippen LogP contribution in [0, 0.1) is 0 Å². The average molecular weight is 733 g/mol. The average Bonchev–Trinajstić information content (AvgIpc) is 3.09. The van der Waals surface area contributed by atoms with Crippen LogP contribution in [0.25, 0.3) is 0 Å². The number of carbonyl (C=O) groups is 4. The molecule has 0 unspecified atom stereocenters. The fourth-order valence-electron chi connectivity index (χ4n) is 5.95. The van der Waals surface area contributed by atoms with Gasteiger partial charge in [-0.05, 0) is 12.8 Å². The third kappa shape index (κ3) is 21.7. The first-order valence-corrected chi connectivity index (χ1v) is 19.5. The standard InChI is InChI=1S/C38H68O13/c1-5-7-9-11-13-15-17-19-21-23-33(44)50-36-35(48-29(4)41)32(27-46-28(3)40)49-38(47-26-31(43)30(42)25-39)37(36)51-34(45)24-22-20-18-16-14-12-10-8-6-2/h30-32,35-39,42-43H,5-27H2,1-4H3/t30-,31+,32+,35+,36-,37-,38+/m0/s1. The third-order valence-corrected chi connectivity index (χ3v) is 8.91. The van der Waals surface area contributed by atoms with Crippen LogP contribution >= 0.6 is 0 Å². The van der Waals surface area contributed by atoms with Gasteiger partial charge in [0.05, 0.1) is 13.2 Å². The number of ether oxygens (including phenoxy) is 6. The minimum Gasteiger partial charge on any atom is -0.463 e. The highest BCUT2D eigenvalue weighted by atomic mass is 16.7. The van der Waals surface area contributed by atoms with Crippen LogP contribution in [0.2, 0.25) is 0 Å². The molecule has 0 bridgehead atoms. The maximum atomic E-state index is 13.2. The maximum absolute atomic E-state index is 13.2. The molecule has 1 aliphatic rings. The smallest absolute Gasteiger partial charge is 0.306 e. The molecule has 0 aliphatic carbocycles. The first-order valence-electron chi connectivity index (χ1n) is 19.5. The highest BCUT2D eigenvalue weighted by Crippen LogP contribution is 2.31. The van der Waals surface area contributed by atoms with E-state index in [0.717, 1.165) is 58.3 Å². The summed E-state index contributed by atoms with van der Waals surface area (Å²) in [6.07, 6.45) is 9.11. The Balaban J connectivity index is 3.10. The summed E-state index contributed by atoms with van der Waals surface area (Å²) in [5, 5.41) is 29.4. The van der Waals surface area contributed by atoms with Crippen molar-refractivity contribution in [2.24, 2.45) is 0 Å². The molecule has 13 heteroatoms. The number of carbonyl (C=O) groups excluding carboxylic acids is 4. The molecule has 1 saturated heterocycles. The van der Waals surface area contributed by atoms with Crippen molar-refractivity contribution in [1.29, 1.82) is 0 Å². The highest BCUT2D eigenvalue weighted by molar-refractivity contribution is 5.71. The molecule has 0 amide bonds. The number of esters is 4. The van der Waals surface area contributed by atoms with Crippen LogP contribution in [0.3, 0.4) is 0 Å². The Morgan fingerprint density at radius 3 is 1.47 bits per heavy atom. The fourth-order valence-corrected chi connectivity index (χ4v) is 5.95. The van der Waals surface area contributed by atoms with Gasteiger partial charge in [0.2, 0.25) is 0 Å². The molecule has 0 saturated carbocycles. The molecule has 3 N–H and O–H groups in total. The predicted octanol–water partition coefficient (Wildman–Crippen LogP) is 5.60. The van der Waals surface area contributed by atoms with E-state index in [0.29, 0.717) is 12.8 Å². The SMILES string of the molecule is CCCCCCCCCCCC(=O)O[C@@H]1[C@H](OC(=O)CCCCCCCCCCC)[C@H](OC[C@@H](O)[C@@H](O)CO)O[C@H](COC(C)=O)[C@H]1OC(C)=O. The van der Waals surface area contributed by atoms with Crippen LogP contribution < -0.4 is 0 Å². The lowest BCUT2D eigenvalue weighted by molar-refractivity contribution is -0.312. The summed E-state index contributed by atoms with van der Waals surface area (Å²) >= 11 is 0. The van der Waals surface area contributed by atoms with Crippen LogP contribution in [-0.2, 0) is 47.6 Å². The Bertz CT molecular complexity index is 945. The molecule has 51 heavy (non-hydrogen) atoms. The Morgan fingerprint density at radius 1 is 0.588 bits per heavy atom. The van der Waals surface area contributed by atoms with Crippen LogP contribution in [0.15, 0.2) is 0 Å². The Labute approximate surface area is 305 Å². The lowest BCUT2D eigenvalue weighted by atomic mass is 9.97. The molecule has 1 fully saturated rings. The molecule has 0 radical (unpaired) electrons. The summed E-state index contributed by atoms with van der Waals surface area (Å²) in [7, 11) is 0. The Morgan fingerprint density at radius 2 is 1.04 bits per heavy atom. The monoisotopic (exact) mass is 732 g/mol. The lowest BCUT2D eigenvalue weighted by Gasteiger charge is -2.44. The molecule has 0 aromatic rings. The van der Waals surface area contributed by atoms with E-state index in [1.165, 1.54) is 58.3 Å². The second-order valence-electron chi connectivity index (χ2n) is 13.6. The van der Waals surface area contributed by atoms with Crippen molar-refractivity contribution in [3.63, 3.8) is 0 Å². The van der Waals surface area contributed by atoms with E-state index >= 15 is 0 Å². The summed E-state index contributed by atoms with van der Waals surface area (Å²) in [4.78, 5) is 50.4. The minimum absolute atomic E-state index is 0.0686. The van der Waals surface area contributed by atoms with E-state index in [9.17, 15) is 34.5 Å². The van der Waals surface area contributed by atoms with Gasteiger partial charge in [0.25, 0.3) is 0 Å². The van der Waals surface area contributed by atoms with Crippen molar-refractivity contribution in [1.82, 2.24) is 0 Å². The first-order chi connectivity index (χ1) is 24.5. The van der Waals surface area contributed by atoms with E-state index in [2.05, 4.69) is 13.8 Å². The highest BCUT2D eigenvalue weighted by Gasteiger charge is 2.53. The number of aliphatic hydroxyl groups excluding tert-OH is 3. The fraction of sp³-hybridized carbons (Fsp3) is 0.895. The van der Waals surface area contributed by atoms with E-state index in [1.54, 1.807) is 0 Å². The zero-order valence-corrected chi connectivity index (χ0v) is 31.7. The summed E-state index contributed by atoms with van der Waals surface area (Å²) < 4.78 is 34.2. The second kappa shape index (κ2) is 29.2. The van der Waals surface area contributed by atoms with Crippen molar-refractivity contribution in [2.45, 2.75) is 199 Å². The van der Waals surface area contributed by atoms with Crippen molar-refractivity contribution in [3.8, 4) is 0 Å². The normalized spacial score (nSPS) is 21.4. The number of aliphatic hydroxyl groups is 3. The third-order valence-electron chi connectivity index (χ3n) is 8.91. The van der Waals surface area contributed by atoms with Gasteiger partial charge in [-0.1, -0.05) is 117 Å². The maximum Gasteiger partial charge on any atom is 0.306 e. The van der Waals surface area contributed by atoms with E-state index in [4.69, 9.17) is 28.4 Å². The minimum atomic E-state index is -1.54. The molecular weight excluding hydrogens is 664 g/mol. The van der Waals surface area contributed by atoms with E-state index in [1.807, 2.05) is 0 Å². The molecule has 0 spiro atoms. The largest absolute Gasteiger partial charge is 0.463 e. The van der Waals surface area contributed by atoms with Crippen LogP contribution in [-0.4, -0.2) is 102 Å². The quantitative estimate of drug-likeness (QED) is 0.0471. The van der Waals surface area contributed by atoms with Crippen molar-refractivity contribution in [2.75, 3.05) is 19.8 Å². The van der Waals surface area contributed by atoms with Crippen LogP contribution in [0.4, 0.5) is 0 Å².